The minimum atomic E-state index is 0.436. The fourth-order valence-corrected chi connectivity index (χ4v) is 2.38. The minimum absolute atomic E-state index is 0.436. The molecular weight excluding hydrogens is 234 g/mol. The maximum absolute atomic E-state index is 5.89. The second-order valence-corrected chi connectivity index (χ2v) is 4.47. The third-order valence-electron chi connectivity index (χ3n) is 2.98. The molecule has 3 rings (SSSR count). The maximum atomic E-state index is 5.89. The summed E-state index contributed by atoms with van der Waals surface area (Å²) in [6.07, 6.45) is 5.57. The normalized spacial score (nSPS) is 14.5. The van der Waals surface area contributed by atoms with E-state index in [0.29, 0.717) is 5.15 Å². The molecule has 1 aromatic carbocycles. The standard InChI is InChI=1S/C13H12ClN3/c14-12-8-15-9-13(16-12)17-7-3-5-10-4-1-2-6-11(10)17/h1-2,4,6,8-9H,3,5,7H2. The van der Waals surface area contributed by atoms with Gasteiger partial charge in [-0.15, -0.1) is 0 Å². The quantitative estimate of drug-likeness (QED) is 0.773. The molecule has 0 fully saturated rings. The molecule has 0 spiro atoms. The van der Waals surface area contributed by atoms with Gasteiger partial charge in [0.25, 0.3) is 0 Å². The van der Waals surface area contributed by atoms with E-state index in [1.165, 1.54) is 11.3 Å². The number of halogens is 1. The van der Waals surface area contributed by atoms with Crippen LogP contribution in [-0.4, -0.2) is 16.5 Å². The van der Waals surface area contributed by atoms with Crippen LogP contribution in [0.4, 0.5) is 11.5 Å². The van der Waals surface area contributed by atoms with E-state index < -0.39 is 0 Å². The van der Waals surface area contributed by atoms with Crippen LogP contribution in [0.5, 0.6) is 0 Å². The number of hydrogen-bond donors (Lipinski definition) is 0. The molecule has 1 aliphatic rings. The highest BCUT2D eigenvalue weighted by Crippen LogP contribution is 2.32. The highest BCUT2D eigenvalue weighted by molar-refractivity contribution is 6.29. The Labute approximate surface area is 105 Å². The first kappa shape index (κ1) is 10.5. The van der Waals surface area contributed by atoms with Gasteiger partial charge >= 0.3 is 0 Å². The number of hydrogen-bond acceptors (Lipinski definition) is 3. The van der Waals surface area contributed by atoms with Gasteiger partial charge in [0.15, 0.2) is 5.82 Å². The fourth-order valence-electron chi connectivity index (χ4n) is 2.23. The van der Waals surface area contributed by atoms with Gasteiger partial charge in [0.1, 0.15) is 5.15 Å². The van der Waals surface area contributed by atoms with Crippen LogP contribution in [0.15, 0.2) is 36.7 Å². The summed E-state index contributed by atoms with van der Waals surface area (Å²) >= 11 is 5.89. The van der Waals surface area contributed by atoms with Crippen LogP contribution in [-0.2, 0) is 6.42 Å². The molecule has 0 bridgehead atoms. The predicted octanol–water partition coefficient (Wildman–Crippen LogP) is 3.21. The first-order valence-corrected chi connectivity index (χ1v) is 6.05. The summed E-state index contributed by atoms with van der Waals surface area (Å²) < 4.78 is 0. The monoisotopic (exact) mass is 245 g/mol. The predicted molar refractivity (Wildman–Crippen MR) is 68.8 cm³/mol. The molecule has 17 heavy (non-hydrogen) atoms. The first-order chi connectivity index (χ1) is 8.34. The van der Waals surface area contributed by atoms with Crippen LogP contribution in [0.3, 0.4) is 0 Å². The molecule has 2 heterocycles. The van der Waals surface area contributed by atoms with Gasteiger partial charge in [-0.1, -0.05) is 29.8 Å². The van der Waals surface area contributed by atoms with Gasteiger partial charge in [-0.2, -0.15) is 0 Å². The van der Waals surface area contributed by atoms with E-state index in [-0.39, 0.29) is 0 Å². The first-order valence-electron chi connectivity index (χ1n) is 5.67. The van der Waals surface area contributed by atoms with Gasteiger partial charge < -0.3 is 4.90 Å². The average Bonchev–Trinajstić information content (AvgIpc) is 2.38. The zero-order valence-electron chi connectivity index (χ0n) is 9.31. The highest BCUT2D eigenvalue weighted by atomic mass is 35.5. The zero-order chi connectivity index (χ0) is 11.7. The van der Waals surface area contributed by atoms with E-state index in [2.05, 4.69) is 39.1 Å². The lowest BCUT2D eigenvalue weighted by Crippen LogP contribution is -2.25. The minimum Gasteiger partial charge on any atom is -0.325 e. The summed E-state index contributed by atoms with van der Waals surface area (Å²) in [4.78, 5) is 10.6. The molecule has 0 unspecified atom stereocenters. The van der Waals surface area contributed by atoms with Gasteiger partial charge in [0.2, 0.25) is 0 Å². The summed E-state index contributed by atoms with van der Waals surface area (Å²) in [5.74, 6) is 0.824. The molecule has 0 radical (unpaired) electrons. The Morgan fingerprint density at radius 3 is 2.94 bits per heavy atom. The van der Waals surface area contributed by atoms with E-state index in [0.717, 1.165) is 25.2 Å². The molecule has 1 aromatic heterocycles. The Kier molecular flexibility index (Phi) is 2.69. The molecule has 0 amide bonds. The van der Waals surface area contributed by atoms with Gasteiger partial charge in [-0.05, 0) is 24.5 Å². The summed E-state index contributed by atoms with van der Waals surface area (Å²) in [6.45, 7) is 0.964. The van der Waals surface area contributed by atoms with Gasteiger partial charge in [-0.25, -0.2) is 4.98 Å². The second-order valence-electron chi connectivity index (χ2n) is 4.08. The Bertz CT molecular complexity index is 542. The van der Waals surface area contributed by atoms with E-state index in [1.54, 1.807) is 12.4 Å². The molecule has 0 aliphatic carbocycles. The lowest BCUT2D eigenvalue weighted by Gasteiger charge is -2.30. The third kappa shape index (κ3) is 1.98. The topological polar surface area (TPSA) is 29.0 Å². The van der Waals surface area contributed by atoms with Crippen molar-refractivity contribution in [2.75, 3.05) is 11.4 Å². The van der Waals surface area contributed by atoms with Crippen LogP contribution in [0.25, 0.3) is 0 Å². The Balaban J connectivity index is 2.06. The molecule has 0 saturated heterocycles. The van der Waals surface area contributed by atoms with Crippen molar-refractivity contribution in [3.05, 3.63) is 47.4 Å². The number of aromatic nitrogens is 2. The largest absolute Gasteiger partial charge is 0.325 e. The van der Waals surface area contributed by atoms with Crippen molar-refractivity contribution in [2.24, 2.45) is 0 Å². The van der Waals surface area contributed by atoms with Crippen molar-refractivity contribution >= 4 is 23.1 Å². The SMILES string of the molecule is Clc1cncc(N2CCCc3ccccc32)n1. The van der Waals surface area contributed by atoms with Crippen molar-refractivity contribution in [3.8, 4) is 0 Å². The van der Waals surface area contributed by atoms with Crippen LogP contribution < -0.4 is 4.90 Å². The Morgan fingerprint density at radius 2 is 2.06 bits per heavy atom. The summed E-state index contributed by atoms with van der Waals surface area (Å²) in [5.41, 5.74) is 2.58. The molecule has 86 valence electrons. The molecule has 0 atom stereocenters. The molecule has 2 aromatic rings. The highest BCUT2D eigenvalue weighted by Gasteiger charge is 2.18. The number of fused-ring (bicyclic) bond motifs is 1. The van der Waals surface area contributed by atoms with E-state index in [1.807, 2.05) is 0 Å². The van der Waals surface area contributed by atoms with Crippen molar-refractivity contribution < 1.29 is 0 Å². The van der Waals surface area contributed by atoms with Crippen molar-refractivity contribution in [1.82, 2.24) is 9.97 Å². The molecular formula is C13H12ClN3. The van der Waals surface area contributed by atoms with Crippen molar-refractivity contribution in [1.29, 1.82) is 0 Å². The van der Waals surface area contributed by atoms with E-state index >= 15 is 0 Å². The van der Waals surface area contributed by atoms with Crippen LogP contribution in [0.1, 0.15) is 12.0 Å². The number of benzene rings is 1. The lowest BCUT2D eigenvalue weighted by atomic mass is 10.0. The summed E-state index contributed by atoms with van der Waals surface area (Å²) in [6, 6.07) is 8.41. The molecule has 0 N–H and O–H groups in total. The molecule has 1 aliphatic heterocycles. The van der Waals surface area contributed by atoms with E-state index in [9.17, 15) is 0 Å². The number of rotatable bonds is 1. The average molecular weight is 246 g/mol. The van der Waals surface area contributed by atoms with Gasteiger partial charge in [0, 0.05) is 12.2 Å². The van der Waals surface area contributed by atoms with Crippen molar-refractivity contribution in [3.63, 3.8) is 0 Å². The van der Waals surface area contributed by atoms with Gasteiger partial charge in [0.05, 0.1) is 12.4 Å². The van der Waals surface area contributed by atoms with Crippen LogP contribution in [0.2, 0.25) is 5.15 Å². The third-order valence-corrected chi connectivity index (χ3v) is 3.16. The van der Waals surface area contributed by atoms with E-state index in [4.69, 9.17) is 11.6 Å². The number of nitrogens with zero attached hydrogens (tertiary/aromatic N) is 3. The Hall–Kier alpha value is -1.61. The second kappa shape index (κ2) is 4.34. The maximum Gasteiger partial charge on any atom is 0.153 e. The van der Waals surface area contributed by atoms with Crippen LogP contribution >= 0.6 is 11.6 Å². The van der Waals surface area contributed by atoms with Gasteiger partial charge in [-0.3, -0.25) is 4.98 Å². The zero-order valence-corrected chi connectivity index (χ0v) is 10.1. The van der Waals surface area contributed by atoms with Crippen LogP contribution in [0, 0.1) is 0 Å². The Morgan fingerprint density at radius 1 is 1.18 bits per heavy atom. The number of para-hydroxylation sites is 1. The number of anilines is 2. The van der Waals surface area contributed by atoms with Crippen molar-refractivity contribution in [2.45, 2.75) is 12.8 Å². The smallest absolute Gasteiger partial charge is 0.153 e. The molecule has 0 saturated carbocycles. The molecule has 3 nitrogen and oxygen atoms in total. The molecule has 4 heteroatoms. The summed E-state index contributed by atoms with van der Waals surface area (Å²) in [7, 11) is 0. The number of aryl methyl sites for hydroxylation is 1. The fraction of sp³-hybridized carbons (Fsp3) is 0.231. The lowest BCUT2D eigenvalue weighted by molar-refractivity contribution is 0.758. The summed E-state index contributed by atoms with van der Waals surface area (Å²) in [5, 5.41) is 0.436.